The standard InChI is InChI=1S/C15H21FN2/c1-11(2)18-14-6-5-12(16)9-13(14)17-10-15(18)7-3-4-8-15/h5-6,9,11,17H,3-4,7-8,10H2,1-2H3. The summed E-state index contributed by atoms with van der Waals surface area (Å²) in [5.74, 6) is -0.160. The molecule has 1 aromatic carbocycles. The Morgan fingerprint density at radius 2 is 2.00 bits per heavy atom. The minimum Gasteiger partial charge on any atom is -0.381 e. The van der Waals surface area contributed by atoms with Crippen LogP contribution in [-0.4, -0.2) is 18.1 Å². The summed E-state index contributed by atoms with van der Waals surface area (Å²) in [6, 6.07) is 5.57. The number of halogens is 1. The molecule has 1 heterocycles. The summed E-state index contributed by atoms with van der Waals surface area (Å²) in [6.45, 7) is 5.42. The van der Waals surface area contributed by atoms with E-state index in [1.165, 1.54) is 31.4 Å². The van der Waals surface area contributed by atoms with E-state index in [1.807, 2.05) is 6.07 Å². The first-order valence-corrected chi connectivity index (χ1v) is 6.95. The third-order valence-corrected chi connectivity index (χ3v) is 4.39. The normalized spacial score (nSPS) is 21.2. The molecule has 1 N–H and O–H groups in total. The largest absolute Gasteiger partial charge is 0.381 e. The Hall–Kier alpha value is -1.25. The fraction of sp³-hybridized carbons (Fsp3) is 0.600. The lowest BCUT2D eigenvalue weighted by molar-refractivity contribution is 0.380. The molecule has 1 aliphatic heterocycles. The molecule has 3 heteroatoms. The summed E-state index contributed by atoms with van der Waals surface area (Å²) in [7, 11) is 0. The van der Waals surface area contributed by atoms with Crippen molar-refractivity contribution < 1.29 is 4.39 Å². The van der Waals surface area contributed by atoms with Crippen molar-refractivity contribution in [1.29, 1.82) is 0 Å². The van der Waals surface area contributed by atoms with Gasteiger partial charge >= 0.3 is 0 Å². The molecule has 1 saturated carbocycles. The molecule has 0 atom stereocenters. The predicted octanol–water partition coefficient (Wildman–Crippen LogP) is 3.78. The summed E-state index contributed by atoms with van der Waals surface area (Å²) in [4.78, 5) is 2.52. The average Bonchev–Trinajstić information content (AvgIpc) is 2.78. The first-order valence-electron chi connectivity index (χ1n) is 6.95. The number of hydrogen-bond donors (Lipinski definition) is 1. The highest BCUT2D eigenvalue weighted by Gasteiger charge is 2.43. The number of nitrogens with zero attached hydrogens (tertiary/aromatic N) is 1. The second-order valence-corrected chi connectivity index (χ2v) is 5.91. The molecular weight excluding hydrogens is 227 g/mol. The van der Waals surface area contributed by atoms with E-state index in [4.69, 9.17) is 0 Å². The van der Waals surface area contributed by atoms with Gasteiger partial charge in [0.05, 0.1) is 16.9 Å². The van der Waals surface area contributed by atoms with Crippen molar-refractivity contribution in [2.24, 2.45) is 0 Å². The van der Waals surface area contributed by atoms with Crippen molar-refractivity contribution in [2.45, 2.75) is 51.1 Å². The van der Waals surface area contributed by atoms with Crippen molar-refractivity contribution in [3.63, 3.8) is 0 Å². The maximum atomic E-state index is 13.3. The van der Waals surface area contributed by atoms with Crippen molar-refractivity contribution in [3.8, 4) is 0 Å². The van der Waals surface area contributed by atoms with Gasteiger partial charge in [-0.1, -0.05) is 12.8 Å². The predicted molar refractivity (Wildman–Crippen MR) is 73.7 cm³/mol. The van der Waals surface area contributed by atoms with E-state index in [2.05, 4.69) is 24.1 Å². The zero-order chi connectivity index (χ0) is 12.8. The Bertz CT molecular complexity index is 450. The van der Waals surface area contributed by atoms with E-state index in [9.17, 15) is 4.39 Å². The van der Waals surface area contributed by atoms with Gasteiger partial charge in [0, 0.05) is 12.6 Å². The molecule has 0 unspecified atom stereocenters. The number of hydrogen-bond acceptors (Lipinski definition) is 2. The van der Waals surface area contributed by atoms with Crippen LogP contribution in [0.15, 0.2) is 18.2 Å². The van der Waals surface area contributed by atoms with Gasteiger partial charge in [0.1, 0.15) is 5.82 Å². The van der Waals surface area contributed by atoms with Gasteiger partial charge in [-0.3, -0.25) is 0 Å². The van der Waals surface area contributed by atoms with Crippen LogP contribution in [0.1, 0.15) is 39.5 Å². The third kappa shape index (κ3) is 1.68. The first-order chi connectivity index (χ1) is 8.62. The fourth-order valence-corrected chi connectivity index (χ4v) is 3.74. The number of benzene rings is 1. The maximum absolute atomic E-state index is 13.3. The Kier molecular flexibility index (Phi) is 2.72. The second-order valence-electron chi connectivity index (χ2n) is 5.91. The highest BCUT2D eigenvalue weighted by atomic mass is 19.1. The number of nitrogens with one attached hydrogen (secondary N) is 1. The molecule has 0 saturated heterocycles. The van der Waals surface area contributed by atoms with Crippen molar-refractivity contribution in [1.82, 2.24) is 0 Å². The molecule has 3 rings (SSSR count). The van der Waals surface area contributed by atoms with Crippen LogP contribution in [-0.2, 0) is 0 Å². The summed E-state index contributed by atoms with van der Waals surface area (Å²) in [5, 5.41) is 3.44. The average molecular weight is 248 g/mol. The Labute approximate surface area is 108 Å². The number of fused-ring (bicyclic) bond motifs is 1. The third-order valence-electron chi connectivity index (χ3n) is 4.39. The van der Waals surface area contributed by atoms with Gasteiger partial charge in [-0.05, 0) is 44.9 Å². The van der Waals surface area contributed by atoms with E-state index < -0.39 is 0 Å². The quantitative estimate of drug-likeness (QED) is 0.813. The Morgan fingerprint density at radius 3 is 2.67 bits per heavy atom. The van der Waals surface area contributed by atoms with Crippen molar-refractivity contribution in [2.75, 3.05) is 16.8 Å². The van der Waals surface area contributed by atoms with Crippen LogP contribution >= 0.6 is 0 Å². The van der Waals surface area contributed by atoms with E-state index >= 15 is 0 Å². The minimum absolute atomic E-state index is 0.160. The maximum Gasteiger partial charge on any atom is 0.125 e. The van der Waals surface area contributed by atoms with Gasteiger partial charge in [-0.15, -0.1) is 0 Å². The number of anilines is 2. The molecule has 1 spiro atoms. The first kappa shape index (κ1) is 11.8. The zero-order valence-corrected chi connectivity index (χ0v) is 11.2. The molecule has 1 fully saturated rings. The SMILES string of the molecule is CC(C)N1c2ccc(F)cc2NCC12CCCC2. The minimum atomic E-state index is -0.160. The molecular formula is C15H21FN2. The van der Waals surface area contributed by atoms with E-state index in [0.29, 0.717) is 6.04 Å². The van der Waals surface area contributed by atoms with Gasteiger partial charge in [0.15, 0.2) is 0 Å². The van der Waals surface area contributed by atoms with Gasteiger partial charge in [0.25, 0.3) is 0 Å². The van der Waals surface area contributed by atoms with Gasteiger partial charge in [0.2, 0.25) is 0 Å². The Balaban J connectivity index is 2.07. The summed E-state index contributed by atoms with van der Waals surface area (Å²) in [6.07, 6.45) is 5.10. The molecule has 2 aliphatic rings. The molecule has 0 aromatic heterocycles. The fourth-order valence-electron chi connectivity index (χ4n) is 3.74. The Morgan fingerprint density at radius 1 is 1.28 bits per heavy atom. The molecule has 18 heavy (non-hydrogen) atoms. The van der Waals surface area contributed by atoms with Crippen LogP contribution in [0.4, 0.5) is 15.8 Å². The monoisotopic (exact) mass is 248 g/mol. The highest BCUT2D eigenvalue weighted by molar-refractivity contribution is 5.74. The van der Waals surface area contributed by atoms with Crippen LogP contribution in [0.5, 0.6) is 0 Å². The van der Waals surface area contributed by atoms with Crippen LogP contribution in [0, 0.1) is 5.82 Å². The lowest BCUT2D eigenvalue weighted by Crippen LogP contribution is -2.57. The van der Waals surface area contributed by atoms with Gasteiger partial charge < -0.3 is 10.2 Å². The zero-order valence-electron chi connectivity index (χ0n) is 11.2. The number of rotatable bonds is 1. The molecule has 0 amide bonds. The highest BCUT2D eigenvalue weighted by Crippen LogP contribution is 2.45. The van der Waals surface area contributed by atoms with Crippen LogP contribution in [0.2, 0.25) is 0 Å². The molecule has 98 valence electrons. The van der Waals surface area contributed by atoms with Gasteiger partial charge in [-0.25, -0.2) is 4.39 Å². The lowest BCUT2D eigenvalue weighted by Gasteiger charge is -2.50. The molecule has 2 nitrogen and oxygen atoms in total. The molecule has 1 aromatic rings. The molecule has 0 bridgehead atoms. The lowest BCUT2D eigenvalue weighted by atomic mass is 9.89. The topological polar surface area (TPSA) is 15.3 Å². The molecule has 1 aliphatic carbocycles. The van der Waals surface area contributed by atoms with Crippen LogP contribution < -0.4 is 10.2 Å². The summed E-state index contributed by atoms with van der Waals surface area (Å²) >= 11 is 0. The smallest absolute Gasteiger partial charge is 0.125 e. The van der Waals surface area contributed by atoms with Crippen LogP contribution in [0.3, 0.4) is 0 Å². The summed E-state index contributed by atoms with van der Waals surface area (Å²) in [5.41, 5.74) is 2.36. The van der Waals surface area contributed by atoms with Crippen molar-refractivity contribution >= 4 is 11.4 Å². The van der Waals surface area contributed by atoms with Crippen molar-refractivity contribution in [3.05, 3.63) is 24.0 Å². The molecule has 0 radical (unpaired) electrons. The summed E-state index contributed by atoms with van der Waals surface area (Å²) < 4.78 is 13.3. The van der Waals surface area contributed by atoms with E-state index in [1.54, 1.807) is 12.1 Å². The van der Waals surface area contributed by atoms with Crippen LogP contribution in [0.25, 0.3) is 0 Å². The second kappa shape index (κ2) is 4.15. The van der Waals surface area contributed by atoms with E-state index in [0.717, 1.165) is 12.2 Å². The van der Waals surface area contributed by atoms with Gasteiger partial charge in [-0.2, -0.15) is 0 Å². The van der Waals surface area contributed by atoms with E-state index in [-0.39, 0.29) is 11.4 Å².